The van der Waals surface area contributed by atoms with E-state index in [-0.39, 0.29) is 17.7 Å². The Labute approximate surface area is 160 Å². The Balaban J connectivity index is 2.11. The molecule has 0 heterocycles. The third-order valence-corrected chi connectivity index (χ3v) is 4.05. The van der Waals surface area contributed by atoms with Crippen LogP contribution in [-0.2, 0) is 4.79 Å². The summed E-state index contributed by atoms with van der Waals surface area (Å²) in [5.74, 6) is 0.375. The number of rotatable bonds is 8. The minimum atomic E-state index is -0.714. The predicted molar refractivity (Wildman–Crippen MR) is 108 cm³/mol. The lowest BCUT2D eigenvalue weighted by Crippen LogP contribution is -2.32. The molecule has 0 saturated heterocycles. The van der Waals surface area contributed by atoms with E-state index in [1.54, 1.807) is 37.3 Å². The highest BCUT2D eigenvalue weighted by molar-refractivity contribution is 6.04. The lowest BCUT2D eigenvalue weighted by Gasteiger charge is -2.19. The summed E-state index contributed by atoms with van der Waals surface area (Å²) in [6, 6.07) is 14.5. The van der Waals surface area contributed by atoms with Crippen molar-refractivity contribution < 1.29 is 14.3 Å². The van der Waals surface area contributed by atoms with Crippen LogP contribution in [0.5, 0.6) is 5.75 Å². The van der Waals surface area contributed by atoms with Crippen molar-refractivity contribution in [1.82, 2.24) is 5.32 Å². The maximum atomic E-state index is 12.6. The number of carbonyl (C=O) groups excluding carboxylic acids is 2. The van der Waals surface area contributed by atoms with Gasteiger partial charge in [0.1, 0.15) is 5.75 Å². The van der Waals surface area contributed by atoms with Gasteiger partial charge < -0.3 is 15.4 Å². The van der Waals surface area contributed by atoms with Crippen LogP contribution in [0.2, 0.25) is 0 Å². The maximum Gasteiger partial charge on any atom is 0.265 e. The zero-order chi connectivity index (χ0) is 19.8. The van der Waals surface area contributed by atoms with Crippen molar-refractivity contribution in [1.29, 1.82) is 0 Å². The molecule has 5 heteroatoms. The van der Waals surface area contributed by atoms with E-state index in [1.807, 2.05) is 24.3 Å². The first-order chi connectivity index (χ1) is 12.9. The van der Waals surface area contributed by atoms with Crippen LogP contribution in [0.1, 0.15) is 42.6 Å². The average molecular weight is 366 g/mol. The topological polar surface area (TPSA) is 67.4 Å². The van der Waals surface area contributed by atoms with Gasteiger partial charge in [-0.1, -0.05) is 50.3 Å². The summed E-state index contributed by atoms with van der Waals surface area (Å²) in [6.07, 6.45) is 0.885. The monoisotopic (exact) mass is 366 g/mol. The standard InChI is InChI=1S/C22H26N2O3/c1-5-14-23-22(26)18-11-6-8-12-19(18)24-21(25)16(4)27-20-13-9-7-10-17(20)15(2)3/h5-13,15-16H,1,14H2,2-4H3,(H,23,26)(H,24,25)/t16-/m1/s1. The molecule has 2 N–H and O–H groups in total. The number of amides is 2. The van der Waals surface area contributed by atoms with Crippen LogP contribution in [0.3, 0.4) is 0 Å². The van der Waals surface area contributed by atoms with Crippen LogP contribution in [0.4, 0.5) is 5.69 Å². The second-order valence-electron chi connectivity index (χ2n) is 6.49. The molecule has 0 aromatic heterocycles. The molecule has 0 aliphatic heterocycles. The summed E-state index contributed by atoms with van der Waals surface area (Å²) >= 11 is 0. The van der Waals surface area contributed by atoms with Gasteiger partial charge in [0, 0.05) is 6.54 Å². The van der Waals surface area contributed by atoms with E-state index in [2.05, 4.69) is 31.1 Å². The van der Waals surface area contributed by atoms with Crippen molar-refractivity contribution in [3.05, 3.63) is 72.3 Å². The van der Waals surface area contributed by atoms with E-state index < -0.39 is 6.10 Å². The molecule has 0 unspecified atom stereocenters. The molecule has 0 spiro atoms. The van der Waals surface area contributed by atoms with Crippen molar-refractivity contribution >= 4 is 17.5 Å². The molecule has 142 valence electrons. The summed E-state index contributed by atoms with van der Waals surface area (Å²) in [5.41, 5.74) is 1.88. The molecule has 27 heavy (non-hydrogen) atoms. The second-order valence-corrected chi connectivity index (χ2v) is 6.49. The fourth-order valence-corrected chi connectivity index (χ4v) is 2.59. The quantitative estimate of drug-likeness (QED) is 0.690. The van der Waals surface area contributed by atoms with E-state index in [0.717, 1.165) is 5.56 Å². The highest BCUT2D eigenvalue weighted by atomic mass is 16.5. The highest BCUT2D eigenvalue weighted by Gasteiger charge is 2.19. The van der Waals surface area contributed by atoms with Gasteiger partial charge in [-0.2, -0.15) is 0 Å². The predicted octanol–water partition coefficient (Wildman–Crippen LogP) is 4.13. The number of benzene rings is 2. The van der Waals surface area contributed by atoms with Crippen LogP contribution in [0, 0.1) is 0 Å². The number of hydrogen-bond donors (Lipinski definition) is 2. The summed E-state index contributed by atoms with van der Waals surface area (Å²) in [4.78, 5) is 24.8. The molecule has 2 amide bonds. The summed E-state index contributed by atoms with van der Waals surface area (Å²) in [5, 5.41) is 5.50. The Hall–Kier alpha value is -3.08. The third-order valence-electron chi connectivity index (χ3n) is 4.05. The van der Waals surface area contributed by atoms with E-state index >= 15 is 0 Å². The minimum absolute atomic E-state index is 0.274. The first-order valence-corrected chi connectivity index (χ1v) is 8.98. The first kappa shape index (κ1) is 20.2. The van der Waals surface area contributed by atoms with Crippen molar-refractivity contribution in [2.75, 3.05) is 11.9 Å². The van der Waals surface area contributed by atoms with Crippen molar-refractivity contribution in [3.8, 4) is 5.75 Å². The molecule has 0 radical (unpaired) electrons. The number of carbonyl (C=O) groups is 2. The van der Waals surface area contributed by atoms with Gasteiger partial charge in [-0.05, 0) is 36.6 Å². The van der Waals surface area contributed by atoms with Crippen molar-refractivity contribution in [3.63, 3.8) is 0 Å². The van der Waals surface area contributed by atoms with Gasteiger partial charge >= 0.3 is 0 Å². The normalized spacial score (nSPS) is 11.6. The fraction of sp³-hybridized carbons (Fsp3) is 0.273. The van der Waals surface area contributed by atoms with Crippen LogP contribution in [0.15, 0.2) is 61.2 Å². The molecule has 0 bridgehead atoms. The molecule has 2 rings (SSSR count). The molecule has 5 nitrogen and oxygen atoms in total. The van der Waals surface area contributed by atoms with Gasteiger partial charge in [0.2, 0.25) is 0 Å². The van der Waals surface area contributed by atoms with Crippen LogP contribution >= 0.6 is 0 Å². The van der Waals surface area contributed by atoms with Crippen LogP contribution in [-0.4, -0.2) is 24.5 Å². The first-order valence-electron chi connectivity index (χ1n) is 8.98. The Kier molecular flexibility index (Phi) is 7.17. The van der Waals surface area contributed by atoms with E-state index in [0.29, 0.717) is 23.5 Å². The lowest BCUT2D eigenvalue weighted by molar-refractivity contribution is -0.122. The van der Waals surface area contributed by atoms with Gasteiger partial charge in [0.15, 0.2) is 6.10 Å². The zero-order valence-electron chi connectivity index (χ0n) is 16.0. The summed E-state index contributed by atoms with van der Waals surface area (Å²) < 4.78 is 5.88. The lowest BCUT2D eigenvalue weighted by atomic mass is 10.0. The van der Waals surface area contributed by atoms with Gasteiger partial charge in [-0.3, -0.25) is 9.59 Å². The SMILES string of the molecule is C=CCNC(=O)c1ccccc1NC(=O)[C@@H](C)Oc1ccccc1C(C)C. The van der Waals surface area contributed by atoms with Crippen molar-refractivity contribution in [2.45, 2.75) is 32.8 Å². The van der Waals surface area contributed by atoms with Gasteiger partial charge in [-0.15, -0.1) is 6.58 Å². The molecule has 0 fully saturated rings. The fourth-order valence-electron chi connectivity index (χ4n) is 2.59. The Morgan fingerprint density at radius 3 is 2.44 bits per heavy atom. The van der Waals surface area contributed by atoms with E-state index in [1.165, 1.54) is 0 Å². The highest BCUT2D eigenvalue weighted by Crippen LogP contribution is 2.27. The number of ether oxygens (including phenoxy) is 1. The maximum absolute atomic E-state index is 12.6. The summed E-state index contributed by atoms with van der Waals surface area (Å²) in [7, 11) is 0. The average Bonchev–Trinajstić information content (AvgIpc) is 2.66. The minimum Gasteiger partial charge on any atom is -0.481 e. The molecular formula is C22H26N2O3. The van der Waals surface area contributed by atoms with E-state index in [4.69, 9.17) is 4.74 Å². The Morgan fingerprint density at radius 1 is 1.07 bits per heavy atom. The number of anilines is 1. The van der Waals surface area contributed by atoms with Gasteiger partial charge in [-0.25, -0.2) is 0 Å². The number of hydrogen-bond acceptors (Lipinski definition) is 3. The number of nitrogens with one attached hydrogen (secondary N) is 2. The molecule has 0 saturated carbocycles. The van der Waals surface area contributed by atoms with Gasteiger partial charge in [0.05, 0.1) is 11.3 Å². The van der Waals surface area contributed by atoms with Crippen molar-refractivity contribution in [2.24, 2.45) is 0 Å². The molecule has 1 atom stereocenters. The van der Waals surface area contributed by atoms with Crippen LogP contribution < -0.4 is 15.4 Å². The summed E-state index contributed by atoms with van der Waals surface area (Å²) in [6.45, 7) is 9.77. The molecular weight excluding hydrogens is 340 g/mol. The zero-order valence-corrected chi connectivity index (χ0v) is 16.0. The third kappa shape index (κ3) is 5.45. The molecule has 2 aromatic carbocycles. The van der Waals surface area contributed by atoms with Gasteiger partial charge in [0.25, 0.3) is 11.8 Å². The number of para-hydroxylation sites is 2. The molecule has 0 aliphatic rings. The largest absolute Gasteiger partial charge is 0.481 e. The Morgan fingerprint density at radius 2 is 1.74 bits per heavy atom. The molecule has 0 aliphatic carbocycles. The molecule has 2 aromatic rings. The second kappa shape index (κ2) is 9.57. The Bertz CT molecular complexity index is 815. The smallest absolute Gasteiger partial charge is 0.265 e. The van der Waals surface area contributed by atoms with E-state index in [9.17, 15) is 9.59 Å². The van der Waals surface area contributed by atoms with Crippen LogP contribution in [0.25, 0.3) is 0 Å².